The number of carbonyl (C=O) groups is 1. The summed E-state index contributed by atoms with van der Waals surface area (Å²) in [6.45, 7) is 6.19. The van der Waals surface area contributed by atoms with Crippen LogP contribution in [0.4, 0.5) is 5.69 Å². The molecule has 1 aliphatic rings. The van der Waals surface area contributed by atoms with E-state index in [1.807, 2.05) is 25.1 Å². The highest BCUT2D eigenvalue weighted by atomic mass is 16.5. The Morgan fingerprint density at radius 3 is 3.10 bits per heavy atom. The second-order valence-corrected chi connectivity index (χ2v) is 5.22. The standard InChI is InChI=1S/C16H21N3O2/c1-3-6-18-15-9-12(2)4-5-14(15)16(20)19-7-8-21-13(10-17)11-19/h4-5,9,13,18H,3,6-8,11H2,1-2H3. The molecule has 1 atom stereocenters. The highest BCUT2D eigenvalue weighted by Gasteiger charge is 2.26. The molecule has 5 heteroatoms. The minimum absolute atomic E-state index is 0.0443. The number of morpholine rings is 1. The fourth-order valence-electron chi connectivity index (χ4n) is 2.33. The van der Waals surface area contributed by atoms with Crippen molar-refractivity contribution in [1.82, 2.24) is 4.90 Å². The van der Waals surface area contributed by atoms with E-state index in [2.05, 4.69) is 18.3 Å². The fourth-order valence-corrected chi connectivity index (χ4v) is 2.33. The third-order valence-electron chi connectivity index (χ3n) is 3.47. The van der Waals surface area contributed by atoms with Crippen LogP contribution in [0.15, 0.2) is 18.2 Å². The second kappa shape index (κ2) is 7.09. The van der Waals surface area contributed by atoms with Gasteiger partial charge in [-0.2, -0.15) is 5.26 Å². The number of amides is 1. The molecule has 1 fully saturated rings. The predicted octanol–water partition coefficient (Wildman–Crippen LogP) is 2.18. The lowest BCUT2D eigenvalue weighted by molar-refractivity contribution is 0.00351. The lowest BCUT2D eigenvalue weighted by Gasteiger charge is -2.30. The Bertz CT molecular complexity index is 551. The van der Waals surface area contributed by atoms with Crippen molar-refractivity contribution < 1.29 is 9.53 Å². The first kappa shape index (κ1) is 15.3. The van der Waals surface area contributed by atoms with E-state index in [-0.39, 0.29) is 5.91 Å². The van der Waals surface area contributed by atoms with Gasteiger partial charge in [0.15, 0.2) is 6.10 Å². The van der Waals surface area contributed by atoms with Crippen LogP contribution in [0.3, 0.4) is 0 Å². The van der Waals surface area contributed by atoms with Gasteiger partial charge in [-0.25, -0.2) is 0 Å². The van der Waals surface area contributed by atoms with E-state index in [0.29, 0.717) is 25.3 Å². The van der Waals surface area contributed by atoms with E-state index in [1.165, 1.54) is 0 Å². The number of carbonyl (C=O) groups excluding carboxylic acids is 1. The Hall–Kier alpha value is -2.06. The monoisotopic (exact) mass is 287 g/mol. The summed E-state index contributed by atoms with van der Waals surface area (Å²) in [7, 11) is 0. The lowest BCUT2D eigenvalue weighted by atomic mass is 10.1. The maximum absolute atomic E-state index is 12.7. The molecular weight excluding hydrogens is 266 g/mol. The van der Waals surface area contributed by atoms with Crippen LogP contribution in [0.25, 0.3) is 0 Å². The summed E-state index contributed by atoms with van der Waals surface area (Å²) in [4.78, 5) is 14.4. The quantitative estimate of drug-likeness (QED) is 0.922. The number of hydrogen-bond donors (Lipinski definition) is 1. The number of nitrogens with one attached hydrogen (secondary N) is 1. The first-order chi connectivity index (χ1) is 10.2. The molecule has 0 spiro atoms. The average molecular weight is 287 g/mol. The van der Waals surface area contributed by atoms with Crippen molar-refractivity contribution in [3.63, 3.8) is 0 Å². The molecule has 0 aromatic heterocycles. The van der Waals surface area contributed by atoms with Crippen molar-refractivity contribution in [2.75, 3.05) is 31.6 Å². The van der Waals surface area contributed by atoms with Crippen LogP contribution >= 0.6 is 0 Å². The molecule has 0 radical (unpaired) electrons. The normalized spacial score (nSPS) is 18.1. The summed E-state index contributed by atoms with van der Waals surface area (Å²) in [5, 5.41) is 12.2. The number of aryl methyl sites for hydroxylation is 1. The maximum Gasteiger partial charge on any atom is 0.256 e. The zero-order valence-corrected chi connectivity index (χ0v) is 12.6. The number of benzene rings is 1. The molecule has 1 saturated heterocycles. The molecule has 1 aromatic rings. The Kier molecular flexibility index (Phi) is 5.18. The van der Waals surface area contributed by atoms with E-state index in [1.54, 1.807) is 4.90 Å². The molecule has 1 unspecified atom stereocenters. The molecular formula is C16H21N3O2. The SMILES string of the molecule is CCCNc1cc(C)ccc1C(=O)N1CCOC(C#N)C1. The van der Waals surface area contributed by atoms with Gasteiger partial charge >= 0.3 is 0 Å². The summed E-state index contributed by atoms with van der Waals surface area (Å²) in [5.74, 6) is -0.0443. The molecule has 1 heterocycles. The van der Waals surface area contributed by atoms with Crippen molar-refractivity contribution in [3.05, 3.63) is 29.3 Å². The Balaban J connectivity index is 2.20. The molecule has 1 N–H and O–H groups in total. The Morgan fingerprint density at radius 2 is 2.38 bits per heavy atom. The van der Waals surface area contributed by atoms with Crippen LogP contribution < -0.4 is 5.32 Å². The third-order valence-corrected chi connectivity index (χ3v) is 3.47. The summed E-state index contributed by atoms with van der Waals surface area (Å²) in [6.07, 6.45) is 0.468. The molecule has 1 aromatic carbocycles. The largest absolute Gasteiger partial charge is 0.384 e. The van der Waals surface area contributed by atoms with Gasteiger partial charge in [-0.3, -0.25) is 4.79 Å². The fraction of sp³-hybridized carbons (Fsp3) is 0.500. The molecule has 112 valence electrons. The second-order valence-electron chi connectivity index (χ2n) is 5.22. The van der Waals surface area contributed by atoms with Gasteiger partial charge < -0.3 is 15.0 Å². The number of ether oxygens (including phenoxy) is 1. The topological polar surface area (TPSA) is 65.4 Å². The smallest absolute Gasteiger partial charge is 0.256 e. The summed E-state index contributed by atoms with van der Waals surface area (Å²) in [5.41, 5.74) is 2.64. The van der Waals surface area contributed by atoms with E-state index in [0.717, 1.165) is 24.2 Å². The van der Waals surface area contributed by atoms with Gasteiger partial charge in [0.2, 0.25) is 0 Å². The summed E-state index contributed by atoms with van der Waals surface area (Å²) >= 11 is 0. The number of anilines is 1. The highest BCUT2D eigenvalue weighted by Crippen LogP contribution is 2.21. The van der Waals surface area contributed by atoms with Gasteiger partial charge in [0.25, 0.3) is 5.91 Å². The minimum atomic E-state index is -0.528. The molecule has 0 aliphatic carbocycles. The van der Waals surface area contributed by atoms with Gasteiger partial charge in [0.05, 0.1) is 24.8 Å². The summed E-state index contributed by atoms with van der Waals surface area (Å²) in [6, 6.07) is 7.85. The number of rotatable bonds is 4. The van der Waals surface area contributed by atoms with E-state index in [4.69, 9.17) is 10.00 Å². The van der Waals surface area contributed by atoms with Crippen molar-refractivity contribution in [1.29, 1.82) is 5.26 Å². The number of hydrogen-bond acceptors (Lipinski definition) is 4. The van der Waals surface area contributed by atoms with Crippen molar-refractivity contribution in [2.24, 2.45) is 0 Å². The molecule has 21 heavy (non-hydrogen) atoms. The van der Waals surface area contributed by atoms with Crippen LogP contribution in [0.2, 0.25) is 0 Å². The molecule has 1 amide bonds. The minimum Gasteiger partial charge on any atom is -0.384 e. The van der Waals surface area contributed by atoms with Crippen molar-refractivity contribution >= 4 is 11.6 Å². The first-order valence-corrected chi connectivity index (χ1v) is 7.30. The predicted molar refractivity (Wildman–Crippen MR) is 81.2 cm³/mol. The molecule has 0 saturated carbocycles. The van der Waals surface area contributed by atoms with E-state index in [9.17, 15) is 4.79 Å². The van der Waals surface area contributed by atoms with Gasteiger partial charge in [-0.15, -0.1) is 0 Å². The van der Waals surface area contributed by atoms with E-state index >= 15 is 0 Å². The van der Waals surface area contributed by atoms with Crippen LogP contribution in [-0.2, 0) is 4.74 Å². The van der Waals surface area contributed by atoms with Gasteiger partial charge in [0.1, 0.15) is 0 Å². The number of nitriles is 1. The van der Waals surface area contributed by atoms with Crippen LogP contribution in [0, 0.1) is 18.3 Å². The Labute approximate surface area is 125 Å². The van der Waals surface area contributed by atoms with Gasteiger partial charge in [0, 0.05) is 18.8 Å². The Morgan fingerprint density at radius 1 is 1.57 bits per heavy atom. The molecule has 0 bridgehead atoms. The maximum atomic E-state index is 12.7. The van der Waals surface area contributed by atoms with Crippen molar-refractivity contribution in [3.8, 4) is 6.07 Å². The molecule has 5 nitrogen and oxygen atoms in total. The molecule has 1 aliphatic heterocycles. The van der Waals surface area contributed by atoms with Crippen LogP contribution in [0.1, 0.15) is 29.3 Å². The van der Waals surface area contributed by atoms with Gasteiger partial charge in [-0.05, 0) is 31.0 Å². The van der Waals surface area contributed by atoms with Crippen molar-refractivity contribution in [2.45, 2.75) is 26.4 Å². The number of nitrogens with zero attached hydrogens (tertiary/aromatic N) is 2. The van der Waals surface area contributed by atoms with Crippen LogP contribution in [0.5, 0.6) is 0 Å². The summed E-state index contributed by atoms with van der Waals surface area (Å²) < 4.78 is 5.29. The lowest BCUT2D eigenvalue weighted by Crippen LogP contribution is -2.45. The average Bonchev–Trinajstić information content (AvgIpc) is 2.52. The van der Waals surface area contributed by atoms with E-state index < -0.39 is 6.10 Å². The van der Waals surface area contributed by atoms with Gasteiger partial charge in [-0.1, -0.05) is 13.0 Å². The zero-order chi connectivity index (χ0) is 15.2. The highest BCUT2D eigenvalue weighted by molar-refractivity contribution is 5.99. The third kappa shape index (κ3) is 3.73. The molecule has 2 rings (SSSR count). The zero-order valence-electron chi connectivity index (χ0n) is 12.6. The first-order valence-electron chi connectivity index (χ1n) is 7.30. The van der Waals surface area contributed by atoms with Crippen LogP contribution in [-0.4, -0.2) is 43.2 Å².